The number of aromatic nitrogens is 1. The molecule has 0 unspecified atom stereocenters. The molecule has 0 radical (unpaired) electrons. The first kappa shape index (κ1) is 11.8. The van der Waals surface area contributed by atoms with Gasteiger partial charge in [-0.1, -0.05) is 13.8 Å². The molecule has 1 aliphatic heterocycles. The maximum absolute atomic E-state index is 9.02. The second kappa shape index (κ2) is 5.02. The number of rotatable bonds is 0. The Kier molecular flexibility index (Phi) is 3.96. The predicted octanol–water partition coefficient (Wildman–Crippen LogP) is 3.34. The molecule has 2 rings (SSSR count). The molecule has 1 aromatic rings. The van der Waals surface area contributed by atoms with E-state index in [4.69, 9.17) is 5.26 Å². The van der Waals surface area contributed by atoms with Gasteiger partial charge in [0.05, 0.1) is 5.56 Å². The van der Waals surface area contributed by atoms with Gasteiger partial charge in [0.1, 0.15) is 6.07 Å². The summed E-state index contributed by atoms with van der Waals surface area (Å²) in [5.74, 6) is 0. The van der Waals surface area contributed by atoms with Crippen LogP contribution in [-0.2, 0) is 13.0 Å². The molecular formula is C13H20N2. The highest BCUT2D eigenvalue weighted by molar-refractivity contribution is 5.46. The lowest BCUT2D eigenvalue weighted by Crippen LogP contribution is -2.11. The van der Waals surface area contributed by atoms with E-state index >= 15 is 0 Å². The van der Waals surface area contributed by atoms with Crippen LogP contribution in [0.3, 0.4) is 0 Å². The molecule has 0 fully saturated rings. The zero-order valence-electron chi connectivity index (χ0n) is 10.2. The third-order valence-electron chi connectivity index (χ3n) is 3.09. The summed E-state index contributed by atoms with van der Waals surface area (Å²) in [5.41, 5.74) is 4.66. The van der Waals surface area contributed by atoms with Gasteiger partial charge in [-0.15, -0.1) is 0 Å². The van der Waals surface area contributed by atoms with Crippen molar-refractivity contribution in [3.63, 3.8) is 0 Å². The normalized spacial score (nSPS) is 13.5. The highest BCUT2D eigenvalue weighted by Crippen LogP contribution is 2.26. The second-order valence-corrected chi connectivity index (χ2v) is 3.75. The smallest absolute Gasteiger partial charge is 0.101 e. The van der Waals surface area contributed by atoms with Crippen LogP contribution in [0.4, 0.5) is 0 Å². The minimum Gasteiger partial charge on any atom is -0.347 e. The van der Waals surface area contributed by atoms with Gasteiger partial charge in [0.25, 0.3) is 0 Å². The maximum Gasteiger partial charge on any atom is 0.101 e. The third kappa shape index (κ3) is 1.92. The van der Waals surface area contributed by atoms with Crippen molar-refractivity contribution in [2.75, 3.05) is 0 Å². The summed E-state index contributed by atoms with van der Waals surface area (Å²) in [4.78, 5) is 0. The molecule has 1 aliphatic rings. The fraction of sp³-hybridized carbons (Fsp3) is 0.615. The average molecular weight is 204 g/mol. The Balaban J connectivity index is 0.000000531. The summed E-state index contributed by atoms with van der Waals surface area (Å²) in [6.07, 6.45) is 3.57. The van der Waals surface area contributed by atoms with Crippen molar-refractivity contribution in [2.45, 2.75) is 53.5 Å². The van der Waals surface area contributed by atoms with Gasteiger partial charge in [-0.3, -0.25) is 0 Å². The van der Waals surface area contributed by atoms with Gasteiger partial charge in [0.15, 0.2) is 0 Å². The van der Waals surface area contributed by atoms with Gasteiger partial charge in [0, 0.05) is 17.9 Å². The molecular weight excluding hydrogens is 184 g/mol. The summed E-state index contributed by atoms with van der Waals surface area (Å²) in [5, 5.41) is 9.02. The van der Waals surface area contributed by atoms with Gasteiger partial charge in [-0.2, -0.15) is 5.26 Å². The van der Waals surface area contributed by atoms with Crippen LogP contribution in [0.5, 0.6) is 0 Å². The van der Waals surface area contributed by atoms with Gasteiger partial charge in [0.2, 0.25) is 0 Å². The average Bonchev–Trinajstić information content (AvgIpc) is 2.55. The van der Waals surface area contributed by atoms with Crippen LogP contribution in [-0.4, -0.2) is 4.57 Å². The first-order chi connectivity index (χ1) is 7.25. The Morgan fingerprint density at radius 3 is 2.47 bits per heavy atom. The van der Waals surface area contributed by atoms with Crippen LogP contribution >= 0.6 is 0 Å². The number of nitriles is 1. The van der Waals surface area contributed by atoms with E-state index in [-0.39, 0.29) is 0 Å². The fourth-order valence-corrected chi connectivity index (χ4v) is 2.21. The molecule has 0 bridgehead atoms. The van der Waals surface area contributed by atoms with E-state index in [1.165, 1.54) is 29.8 Å². The largest absolute Gasteiger partial charge is 0.347 e. The molecule has 82 valence electrons. The molecule has 15 heavy (non-hydrogen) atoms. The lowest BCUT2D eigenvalue weighted by atomic mass is 10.1. The Morgan fingerprint density at radius 2 is 1.87 bits per heavy atom. The Bertz CT molecular complexity index is 380. The van der Waals surface area contributed by atoms with Crippen LogP contribution < -0.4 is 0 Å². The van der Waals surface area contributed by atoms with E-state index in [0.717, 1.165) is 18.5 Å². The van der Waals surface area contributed by atoms with Crippen molar-refractivity contribution < 1.29 is 0 Å². The third-order valence-corrected chi connectivity index (χ3v) is 3.09. The van der Waals surface area contributed by atoms with Crippen molar-refractivity contribution >= 4 is 0 Å². The van der Waals surface area contributed by atoms with Gasteiger partial charge in [-0.05, 0) is 38.7 Å². The van der Waals surface area contributed by atoms with Gasteiger partial charge in [-0.25, -0.2) is 0 Å². The van der Waals surface area contributed by atoms with E-state index in [0.29, 0.717) is 0 Å². The zero-order chi connectivity index (χ0) is 11.4. The molecule has 0 spiro atoms. The molecule has 0 amide bonds. The van der Waals surface area contributed by atoms with Gasteiger partial charge >= 0.3 is 0 Å². The molecule has 0 aliphatic carbocycles. The Labute approximate surface area is 92.5 Å². The zero-order valence-corrected chi connectivity index (χ0v) is 10.2. The molecule has 0 aromatic carbocycles. The SMILES string of the molecule is CC.Cc1c(C#N)c2n(c1C)CCCC2. The Hall–Kier alpha value is -1.23. The Morgan fingerprint density at radius 1 is 1.20 bits per heavy atom. The molecule has 0 atom stereocenters. The molecule has 0 N–H and O–H groups in total. The molecule has 2 heterocycles. The van der Waals surface area contributed by atoms with Crippen molar-refractivity contribution in [3.8, 4) is 6.07 Å². The number of nitrogens with zero attached hydrogens (tertiary/aromatic N) is 2. The summed E-state index contributed by atoms with van der Waals surface area (Å²) >= 11 is 0. The first-order valence-electron chi connectivity index (χ1n) is 5.84. The molecule has 0 saturated carbocycles. The summed E-state index contributed by atoms with van der Waals surface area (Å²) < 4.78 is 2.32. The standard InChI is InChI=1S/C11H14N2.C2H6/c1-8-9(2)13-6-4-3-5-11(13)10(8)7-12;1-2/h3-6H2,1-2H3;1-2H3. The summed E-state index contributed by atoms with van der Waals surface area (Å²) in [6.45, 7) is 9.27. The minimum absolute atomic E-state index is 0.928. The predicted molar refractivity (Wildman–Crippen MR) is 62.9 cm³/mol. The molecule has 2 heteroatoms. The summed E-state index contributed by atoms with van der Waals surface area (Å²) in [6, 6.07) is 2.32. The second-order valence-electron chi connectivity index (χ2n) is 3.75. The van der Waals surface area contributed by atoms with Crippen molar-refractivity contribution in [1.29, 1.82) is 5.26 Å². The molecule has 0 saturated heterocycles. The van der Waals surface area contributed by atoms with Crippen LogP contribution in [0.2, 0.25) is 0 Å². The number of hydrogen-bond acceptors (Lipinski definition) is 1. The highest BCUT2D eigenvalue weighted by Gasteiger charge is 2.19. The van der Waals surface area contributed by atoms with Crippen LogP contribution in [0.25, 0.3) is 0 Å². The van der Waals surface area contributed by atoms with Crippen molar-refractivity contribution in [2.24, 2.45) is 0 Å². The number of fused-ring (bicyclic) bond motifs is 1. The van der Waals surface area contributed by atoms with E-state index in [9.17, 15) is 0 Å². The van der Waals surface area contributed by atoms with Crippen LogP contribution in [0.1, 0.15) is 49.2 Å². The lowest BCUT2D eigenvalue weighted by molar-refractivity contribution is 0.523. The van der Waals surface area contributed by atoms with E-state index < -0.39 is 0 Å². The highest BCUT2D eigenvalue weighted by atomic mass is 15.0. The minimum atomic E-state index is 0.928. The van der Waals surface area contributed by atoms with E-state index in [2.05, 4.69) is 24.5 Å². The first-order valence-corrected chi connectivity index (χ1v) is 5.84. The fourth-order valence-electron chi connectivity index (χ4n) is 2.21. The topological polar surface area (TPSA) is 28.7 Å². The van der Waals surface area contributed by atoms with Crippen LogP contribution in [0, 0.1) is 25.2 Å². The quantitative estimate of drug-likeness (QED) is 0.637. The van der Waals surface area contributed by atoms with E-state index in [1.54, 1.807) is 0 Å². The molecule has 2 nitrogen and oxygen atoms in total. The number of hydrogen-bond donors (Lipinski definition) is 0. The van der Waals surface area contributed by atoms with Crippen LogP contribution in [0.15, 0.2) is 0 Å². The summed E-state index contributed by atoms with van der Waals surface area (Å²) in [7, 11) is 0. The van der Waals surface area contributed by atoms with Crippen molar-refractivity contribution in [3.05, 3.63) is 22.5 Å². The molecule has 1 aromatic heterocycles. The monoisotopic (exact) mass is 204 g/mol. The maximum atomic E-state index is 9.02. The van der Waals surface area contributed by atoms with Gasteiger partial charge < -0.3 is 4.57 Å². The van der Waals surface area contributed by atoms with E-state index in [1.807, 2.05) is 13.8 Å². The lowest BCUT2D eigenvalue weighted by Gasteiger charge is -2.16. The van der Waals surface area contributed by atoms with Crippen molar-refractivity contribution in [1.82, 2.24) is 4.57 Å².